The Hall–Kier alpha value is -2.82. The van der Waals surface area contributed by atoms with Gasteiger partial charge in [0.1, 0.15) is 28.4 Å². The lowest BCUT2D eigenvalue weighted by Gasteiger charge is -2.39. The standard InChI is InChI=1S/C22H20F3N3O3S/c1-10-11(2)31-20(18(25)19(10)29)12-6-7-26-8-15(12)27-21(30)16-9-32-22(28-16)17-13(23)4-3-5-14(17)24/h3-11,18-20,29H,1-2H3,(H,27,30)/t10-,11+,18+,19-,20-/m0/s1. The number of ether oxygens (including phenoxy) is 1. The van der Waals surface area contributed by atoms with Crippen molar-refractivity contribution in [3.8, 4) is 10.6 Å². The molecule has 2 N–H and O–H groups in total. The number of benzene rings is 1. The number of halogens is 3. The second-order valence-corrected chi connectivity index (χ2v) is 8.47. The molecular formula is C22H20F3N3O3S. The molecule has 1 amide bonds. The van der Waals surface area contributed by atoms with Crippen LogP contribution >= 0.6 is 11.3 Å². The van der Waals surface area contributed by atoms with Gasteiger partial charge in [-0.25, -0.2) is 18.2 Å². The van der Waals surface area contributed by atoms with Gasteiger partial charge in [-0.05, 0) is 25.1 Å². The molecule has 168 valence electrons. The maximum absolute atomic E-state index is 14.9. The number of aliphatic hydroxyl groups is 1. The van der Waals surface area contributed by atoms with Crippen molar-refractivity contribution < 1.29 is 27.8 Å². The summed E-state index contributed by atoms with van der Waals surface area (Å²) in [5.41, 5.74) is 0.123. The Morgan fingerprint density at radius 3 is 2.66 bits per heavy atom. The molecule has 3 aromatic rings. The Balaban J connectivity index is 1.59. The summed E-state index contributed by atoms with van der Waals surface area (Å²) in [6.45, 7) is 3.44. The van der Waals surface area contributed by atoms with E-state index in [1.54, 1.807) is 13.8 Å². The number of pyridine rings is 1. The number of thiazole rings is 1. The lowest BCUT2D eigenvalue weighted by molar-refractivity contribution is -0.170. The maximum Gasteiger partial charge on any atom is 0.275 e. The van der Waals surface area contributed by atoms with Gasteiger partial charge in [0.25, 0.3) is 5.91 Å². The van der Waals surface area contributed by atoms with E-state index in [0.717, 1.165) is 23.5 Å². The maximum atomic E-state index is 14.9. The van der Waals surface area contributed by atoms with Crippen LogP contribution in [0.2, 0.25) is 0 Å². The van der Waals surface area contributed by atoms with Crippen LogP contribution in [0.5, 0.6) is 0 Å². The second-order valence-electron chi connectivity index (χ2n) is 7.61. The molecule has 0 bridgehead atoms. The van der Waals surface area contributed by atoms with Gasteiger partial charge in [0.2, 0.25) is 0 Å². The van der Waals surface area contributed by atoms with Crippen LogP contribution < -0.4 is 5.32 Å². The lowest BCUT2D eigenvalue weighted by Crippen LogP contribution is -2.46. The van der Waals surface area contributed by atoms with E-state index in [1.807, 2.05) is 0 Å². The Morgan fingerprint density at radius 2 is 1.94 bits per heavy atom. The van der Waals surface area contributed by atoms with E-state index < -0.39 is 47.9 Å². The van der Waals surface area contributed by atoms with Crippen molar-refractivity contribution in [2.75, 3.05) is 5.32 Å². The van der Waals surface area contributed by atoms with Gasteiger partial charge in [-0.1, -0.05) is 13.0 Å². The van der Waals surface area contributed by atoms with Crippen LogP contribution in [0.15, 0.2) is 42.0 Å². The van der Waals surface area contributed by atoms with E-state index in [9.17, 15) is 23.1 Å². The molecule has 1 aromatic carbocycles. The number of aliphatic hydroxyl groups excluding tert-OH is 1. The Morgan fingerprint density at radius 1 is 1.22 bits per heavy atom. The summed E-state index contributed by atoms with van der Waals surface area (Å²) in [6.07, 6.45) is -1.67. The quantitative estimate of drug-likeness (QED) is 0.594. The third-order valence-electron chi connectivity index (χ3n) is 5.58. The van der Waals surface area contributed by atoms with Crippen LogP contribution in [0.3, 0.4) is 0 Å². The third-order valence-corrected chi connectivity index (χ3v) is 6.44. The van der Waals surface area contributed by atoms with Crippen molar-refractivity contribution in [1.82, 2.24) is 9.97 Å². The molecule has 1 fully saturated rings. The van der Waals surface area contributed by atoms with Crippen molar-refractivity contribution in [2.24, 2.45) is 5.92 Å². The number of alkyl halides is 1. The number of hydrogen-bond donors (Lipinski definition) is 2. The summed E-state index contributed by atoms with van der Waals surface area (Å²) in [7, 11) is 0. The van der Waals surface area contributed by atoms with Crippen molar-refractivity contribution in [3.05, 3.63) is 64.9 Å². The predicted octanol–water partition coefficient (Wildman–Crippen LogP) is 4.53. The number of hydrogen-bond acceptors (Lipinski definition) is 6. The van der Waals surface area contributed by atoms with Crippen LogP contribution in [0.1, 0.15) is 36.0 Å². The summed E-state index contributed by atoms with van der Waals surface area (Å²) in [5.74, 6) is -2.63. The van der Waals surface area contributed by atoms with Crippen LogP contribution in [0.25, 0.3) is 10.6 Å². The number of amides is 1. The Kier molecular flexibility index (Phi) is 6.27. The third kappa shape index (κ3) is 4.13. The van der Waals surface area contributed by atoms with E-state index in [4.69, 9.17) is 4.74 Å². The first-order valence-corrected chi connectivity index (χ1v) is 10.8. The summed E-state index contributed by atoms with van der Waals surface area (Å²) in [5, 5.41) is 14.2. The minimum absolute atomic E-state index is 0.0162. The largest absolute Gasteiger partial charge is 0.390 e. The molecule has 32 heavy (non-hydrogen) atoms. The number of carbonyl (C=O) groups excluding carboxylic acids is 1. The fourth-order valence-corrected chi connectivity index (χ4v) is 4.41. The second kappa shape index (κ2) is 8.97. The zero-order chi connectivity index (χ0) is 23.0. The first kappa shape index (κ1) is 22.4. The van der Waals surface area contributed by atoms with Crippen LogP contribution in [0, 0.1) is 17.6 Å². The van der Waals surface area contributed by atoms with Crippen molar-refractivity contribution in [2.45, 2.75) is 38.3 Å². The summed E-state index contributed by atoms with van der Waals surface area (Å²) in [4.78, 5) is 20.8. The molecule has 10 heteroatoms. The Bertz CT molecular complexity index is 1120. The molecule has 1 aliphatic heterocycles. The molecule has 0 radical (unpaired) electrons. The van der Waals surface area contributed by atoms with Crippen molar-refractivity contribution in [1.29, 1.82) is 0 Å². The van der Waals surface area contributed by atoms with Crippen molar-refractivity contribution >= 4 is 22.9 Å². The molecule has 6 nitrogen and oxygen atoms in total. The van der Waals surface area contributed by atoms with E-state index in [2.05, 4.69) is 15.3 Å². The number of aromatic nitrogens is 2. The normalized spacial score (nSPS) is 25.5. The van der Waals surface area contributed by atoms with Gasteiger partial charge in [0.15, 0.2) is 6.17 Å². The number of rotatable bonds is 4. The molecule has 1 aliphatic rings. The molecule has 0 saturated carbocycles. The van der Waals surface area contributed by atoms with Gasteiger partial charge < -0.3 is 15.2 Å². The highest BCUT2D eigenvalue weighted by Gasteiger charge is 2.43. The first-order valence-electron chi connectivity index (χ1n) is 9.90. The highest BCUT2D eigenvalue weighted by Crippen LogP contribution is 2.39. The molecule has 2 aromatic heterocycles. The average Bonchev–Trinajstić information content (AvgIpc) is 3.25. The van der Waals surface area contributed by atoms with Gasteiger partial charge >= 0.3 is 0 Å². The zero-order valence-electron chi connectivity index (χ0n) is 17.1. The fourth-order valence-electron chi connectivity index (χ4n) is 3.56. The number of nitrogens with one attached hydrogen (secondary N) is 1. The van der Waals surface area contributed by atoms with Crippen LogP contribution in [-0.4, -0.2) is 39.4 Å². The van der Waals surface area contributed by atoms with Gasteiger partial charge in [-0.15, -0.1) is 11.3 Å². The highest BCUT2D eigenvalue weighted by molar-refractivity contribution is 7.13. The molecular weight excluding hydrogens is 443 g/mol. The number of anilines is 1. The lowest BCUT2D eigenvalue weighted by atomic mass is 9.87. The minimum Gasteiger partial charge on any atom is -0.390 e. The highest BCUT2D eigenvalue weighted by atomic mass is 32.1. The summed E-state index contributed by atoms with van der Waals surface area (Å²) >= 11 is 0.918. The topological polar surface area (TPSA) is 84.3 Å². The van der Waals surface area contributed by atoms with Gasteiger partial charge in [0.05, 0.1) is 29.7 Å². The van der Waals surface area contributed by atoms with E-state index in [-0.39, 0.29) is 22.0 Å². The summed E-state index contributed by atoms with van der Waals surface area (Å²) < 4.78 is 48.7. The fraction of sp³-hybridized carbons (Fsp3) is 0.318. The molecule has 0 unspecified atom stereocenters. The minimum atomic E-state index is -1.70. The van der Waals surface area contributed by atoms with Crippen molar-refractivity contribution in [3.63, 3.8) is 0 Å². The number of carbonyl (C=O) groups is 1. The first-order chi connectivity index (χ1) is 15.3. The molecule has 3 heterocycles. The Labute approximate surface area is 186 Å². The number of nitrogens with zero attached hydrogens (tertiary/aromatic N) is 2. The molecule has 5 atom stereocenters. The van der Waals surface area contributed by atoms with Crippen LogP contribution in [-0.2, 0) is 4.74 Å². The van der Waals surface area contributed by atoms with E-state index in [0.29, 0.717) is 5.56 Å². The van der Waals surface area contributed by atoms with E-state index >= 15 is 0 Å². The monoisotopic (exact) mass is 463 g/mol. The van der Waals surface area contributed by atoms with Crippen LogP contribution in [0.4, 0.5) is 18.9 Å². The molecule has 0 spiro atoms. The SMILES string of the molecule is C[C@@H]1[C@H](O)[C@@H](F)[C@H](c2ccncc2NC(=O)c2csc(-c3c(F)cccc3F)n2)O[C@@H]1C. The molecule has 1 saturated heterocycles. The average molecular weight is 463 g/mol. The molecule has 0 aliphatic carbocycles. The summed E-state index contributed by atoms with van der Waals surface area (Å²) in [6, 6.07) is 4.96. The van der Waals surface area contributed by atoms with Gasteiger partial charge in [-0.2, -0.15) is 0 Å². The molecule has 4 rings (SSSR count). The zero-order valence-corrected chi connectivity index (χ0v) is 17.9. The smallest absolute Gasteiger partial charge is 0.275 e. The van der Waals surface area contributed by atoms with Gasteiger partial charge in [0, 0.05) is 23.1 Å². The van der Waals surface area contributed by atoms with E-state index in [1.165, 1.54) is 29.9 Å². The predicted molar refractivity (Wildman–Crippen MR) is 113 cm³/mol. The van der Waals surface area contributed by atoms with Gasteiger partial charge in [-0.3, -0.25) is 9.78 Å².